The van der Waals surface area contributed by atoms with E-state index in [1.165, 1.54) is 27.8 Å². The van der Waals surface area contributed by atoms with Gasteiger partial charge in [-0.3, -0.25) is 0 Å². The zero-order valence-corrected chi connectivity index (χ0v) is 13.7. The molecule has 1 saturated heterocycles. The lowest BCUT2D eigenvalue weighted by Gasteiger charge is -2.23. The molecule has 2 aromatic rings. The second-order valence-electron chi connectivity index (χ2n) is 5.26. The molecule has 0 saturated carbocycles. The van der Waals surface area contributed by atoms with Crippen molar-refractivity contribution in [2.24, 2.45) is 0 Å². The average molecular weight is 337 g/mol. The van der Waals surface area contributed by atoms with Crippen molar-refractivity contribution in [2.75, 3.05) is 5.75 Å². The maximum absolute atomic E-state index is 13.1. The van der Waals surface area contributed by atoms with Crippen LogP contribution < -0.4 is 0 Å². The Balaban J connectivity index is 1.95. The second kappa shape index (κ2) is 6.02. The quantitative estimate of drug-likeness (QED) is 0.797. The summed E-state index contributed by atoms with van der Waals surface area (Å²) in [4.78, 5) is 0.291. The van der Waals surface area contributed by atoms with Gasteiger partial charge in [-0.05, 0) is 43.2 Å². The lowest BCUT2D eigenvalue weighted by Crippen LogP contribution is -2.25. The number of nitrogens with zero attached hydrogens (tertiary/aromatic N) is 1. The van der Waals surface area contributed by atoms with Gasteiger partial charge in [0, 0.05) is 5.75 Å². The van der Waals surface area contributed by atoms with Crippen LogP contribution in [0.5, 0.6) is 0 Å². The molecule has 0 bridgehead atoms. The van der Waals surface area contributed by atoms with E-state index in [1.807, 2.05) is 6.92 Å². The molecule has 6 heteroatoms. The molecule has 1 atom stereocenters. The maximum Gasteiger partial charge on any atom is 0.252 e. The van der Waals surface area contributed by atoms with E-state index in [1.54, 1.807) is 36.4 Å². The third-order valence-electron chi connectivity index (χ3n) is 3.67. The highest BCUT2D eigenvalue weighted by Crippen LogP contribution is 2.42. The van der Waals surface area contributed by atoms with Crippen molar-refractivity contribution in [3.8, 4) is 0 Å². The summed E-state index contributed by atoms with van der Waals surface area (Å²) < 4.78 is 40.2. The standard InChI is InChI=1S/C16H16FNO2S2/c1-12-2-8-15(9-3-12)22(19,20)18-16(10-11-21-18)13-4-6-14(17)7-5-13/h2-9,16H,10-11H2,1H3. The second-order valence-corrected chi connectivity index (χ2v) is 8.37. The van der Waals surface area contributed by atoms with Crippen molar-refractivity contribution in [1.82, 2.24) is 3.71 Å². The molecule has 0 N–H and O–H groups in total. The van der Waals surface area contributed by atoms with E-state index in [2.05, 4.69) is 0 Å². The van der Waals surface area contributed by atoms with Gasteiger partial charge >= 0.3 is 0 Å². The minimum Gasteiger partial charge on any atom is -0.207 e. The Bertz CT molecular complexity index is 758. The number of rotatable bonds is 3. The van der Waals surface area contributed by atoms with Crippen molar-refractivity contribution in [3.63, 3.8) is 0 Å². The summed E-state index contributed by atoms with van der Waals surface area (Å²) in [6.45, 7) is 1.92. The minimum absolute atomic E-state index is 0.253. The predicted octanol–water partition coefficient (Wildman–Crippen LogP) is 3.92. The smallest absolute Gasteiger partial charge is 0.207 e. The number of hydrogen-bond donors (Lipinski definition) is 0. The van der Waals surface area contributed by atoms with Crippen molar-refractivity contribution in [3.05, 3.63) is 65.5 Å². The third-order valence-corrected chi connectivity index (χ3v) is 7.10. The molecule has 1 aliphatic rings. The van der Waals surface area contributed by atoms with E-state index >= 15 is 0 Å². The van der Waals surface area contributed by atoms with Gasteiger partial charge in [-0.1, -0.05) is 41.8 Å². The first-order chi connectivity index (χ1) is 10.5. The molecule has 1 aliphatic heterocycles. The summed E-state index contributed by atoms with van der Waals surface area (Å²) in [6, 6.07) is 12.6. The Morgan fingerprint density at radius 1 is 1.09 bits per heavy atom. The molecule has 1 unspecified atom stereocenters. The highest BCUT2D eigenvalue weighted by molar-refractivity contribution is 8.08. The van der Waals surface area contributed by atoms with Gasteiger partial charge in [-0.2, -0.15) is 0 Å². The number of sulfonamides is 1. The van der Waals surface area contributed by atoms with Gasteiger partial charge in [-0.15, -0.1) is 3.71 Å². The molecule has 0 aromatic heterocycles. The molecule has 22 heavy (non-hydrogen) atoms. The first kappa shape index (κ1) is 15.5. The summed E-state index contributed by atoms with van der Waals surface area (Å²) in [5.41, 5.74) is 1.84. The normalized spacial score (nSPS) is 19.5. The summed E-state index contributed by atoms with van der Waals surface area (Å²) in [5.74, 6) is 0.412. The molecule has 0 amide bonds. The third kappa shape index (κ3) is 2.91. The van der Waals surface area contributed by atoms with Crippen LogP contribution in [-0.4, -0.2) is 17.9 Å². The summed E-state index contributed by atoms with van der Waals surface area (Å²) in [7, 11) is -3.56. The molecular formula is C16H16FNO2S2. The van der Waals surface area contributed by atoms with E-state index in [-0.39, 0.29) is 11.9 Å². The van der Waals surface area contributed by atoms with Crippen molar-refractivity contribution in [1.29, 1.82) is 0 Å². The van der Waals surface area contributed by atoms with Gasteiger partial charge in [0.25, 0.3) is 10.0 Å². The molecule has 116 valence electrons. The number of halogens is 1. The zero-order chi connectivity index (χ0) is 15.7. The van der Waals surface area contributed by atoms with E-state index in [4.69, 9.17) is 0 Å². The first-order valence-corrected chi connectivity index (χ1v) is 9.36. The van der Waals surface area contributed by atoms with Crippen LogP contribution in [-0.2, 0) is 10.0 Å². The van der Waals surface area contributed by atoms with Crippen LogP contribution in [0.15, 0.2) is 53.4 Å². The van der Waals surface area contributed by atoms with Gasteiger partial charge in [0.05, 0.1) is 10.9 Å². The van der Waals surface area contributed by atoms with Crippen LogP contribution >= 0.6 is 11.9 Å². The zero-order valence-electron chi connectivity index (χ0n) is 12.1. The molecule has 3 rings (SSSR count). The molecule has 2 aromatic carbocycles. The van der Waals surface area contributed by atoms with Gasteiger partial charge < -0.3 is 0 Å². The average Bonchev–Trinajstić information content (AvgIpc) is 2.99. The van der Waals surface area contributed by atoms with Crippen LogP contribution in [0.3, 0.4) is 0 Å². The summed E-state index contributed by atoms with van der Waals surface area (Å²) in [6.07, 6.45) is 0.724. The number of aryl methyl sites for hydroxylation is 1. The van der Waals surface area contributed by atoms with E-state index in [0.717, 1.165) is 23.3 Å². The largest absolute Gasteiger partial charge is 0.252 e. The lowest BCUT2D eigenvalue weighted by molar-refractivity contribution is 0.481. The van der Waals surface area contributed by atoms with Gasteiger partial charge in [0.2, 0.25) is 0 Å². The number of benzene rings is 2. The lowest BCUT2D eigenvalue weighted by atomic mass is 10.1. The van der Waals surface area contributed by atoms with E-state index < -0.39 is 10.0 Å². The fourth-order valence-corrected chi connectivity index (χ4v) is 5.68. The topological polar surface area (TPSA) is 37.4 Å². The van der Waals surface area contributed by atoms with Crippen LogP contribution in [0.1, 0.15) is 23.6 Å². The van der Waals surface area contributed by atoms with Gasteiger partial charge in [-0.25, -0.2) is 12.8 Å². The van der Waals surface area contributed by atoms with Gasteiger partial charge in [0.1, 0.15) is 5.82 Å². The number of hydrogen-bond acceptors (Lipinski definition) is 3. The van der Waals surface area contributed by atoms with Crippen molar-refractivity contribution in [2.45, 2.75) is 24.3 Å². The van der Waals surface area contributed by atoms with Crippen molar-refractivity contribution < 1.29 is 12.8 Å². The molecular weight excluding hydrogens is 321 g/mol. The fraction of sp³-hybridized carbons (Fsp3) is 0.250. The Kier molecular flexibility index (Phi) is 4.25. The first-order valence-electron chi connectivity index (χ1n) is 6.98. The monoisotopic (exact) mass is 337 g/mol. The fourth-order valence-electron chi connectivity index (χ4n) is 2.47. The highest BCUT2D eigenvalue weighted by atomic mass is 32.3. The van der Waals surface area contributed by atoms with Crippen LogP contribution in [0.4, 0.5) is 4.39 Å². The SMILES string of the molecule is Cc1ccc(S(=O)(=O)N2SCCC2c2ccc(F)cc2)cc1. The Morgan fingerprint density at radius 3 is 2.36 bits per heavy atom. The van der Waals surface area contributed by atoms with Gasteiger partial charge in [0.15, 0.2) is 0 Å². The summed E-state index contributed by atoms with van der Waals surface area (Å²) >= 11 is 1.31. The molecule has 1 heterocycles. The van der Waals surface area contributed by atoms with Crippen LogP contribution in [0.25, 0.3) is 0 Å². The Morgan fingerprint density at radius 2 is 1.73 bits per heavy atom. The molecule has 0 spiro atoms. The minimum atomic E-state index is -3.56. The highest BCUT2D eigenvalue weighted by Gasteiger charge is 2.37. The molecule has 0 aliphatic carbocycles. The van der Waals surface area contributed by atoms with Crippen LogP contribution in [0, 0.1) is 12.7 Å². The molecule has 0 radical (unpaired) electrons. The Hall–Kier alpha value is -1.37. The Labute approximate surface area is 134 Å². The molecule has 1 fully saturated rings. The van der Waals surface area contributed by atoms with Crippen molar-refractivity contribution >= 4 is 22.0 Å². The van der Waals surface area contributed by atoms with Crippen LogP contribution in [0.2, 0.25) is 0 Å². The maximum atomic E-state index is 13.1. The predicted molar refractivity (Wildman–Crippen MR) is 86.4 cm³/mol. The van der Waals surface area contributed by atoms with E-state index in [0.29, 0.717) is 4.90 Å². The molecule has 3 nitrogen and oxygen atoms in total. The van der Waals surface area contributed by atoms with E-state index in [9.17, 15) is 12.8 Å². The summed E-state index contributed by atoms with van der Waals surface area (Å²) in [5, 5.41) is 0.